The van der Waals surface area contributed by atoms with E-state index >= 15 is 0 Å². The highest BCUT2D eigenvalue weighted by atomic mass is 32.2. The summed E-state index contributed by atoms with van der Waals surface area (Å²) in [5.74, 6) is 0. The molecule has 0 bridgehead atoms. The number of hydrogen-bond acceptors (Lipinski definition) is 4. The van der Waals surface area contributed by atoms with Gasteiger partial charge in [0.05, 0.1) is 10.6 Å². The van der Waals surface area contributed by atoms with E-state index in [-0.39, 0.29) is 11.5 Å². The van der Waals surface area contributed by atoms with Gasteiger partial charge in [0.25, 0.3) is 0 Å². The van der Waals surface area contributed by atoms with Crippen molar-refractivity contribution in [1.29, 1.82) is 0 Å². The first-order chi connectivity index (χ1) is 6.62. The van der Waals surface area contributed by atoms with Crippen molar-refractivity contribution < 1.29 is 13.2 Å². The van der Waals surface area contributed by atoms with E-state index in [1.165, 1.54) is 14.0 Å². The molecule has 0 aromatic carbocycles. The van der Waals surface area contributed by atoms with Crippen molar-refractivity contribution in [2.45, 2.75) is 31.6 Å². The van der Waals surface area contributed by atoms with Gasteiger partial charge < -0.3 is 10.5 Å². The van der Waals surface area contributed by atoms with Gasteiger partial charge in [0.15, 0.2) is 0 Å². The number of thiocarbonyl (C=S) groups is 1. The van der Waals surface area contributed by atoms with Gasteiger partial charge in [0.1, 0.15) is 5.25 Å². The fourth-order valence-electron chi connectivity index (χ4n) is 0.624. The Morgan fingerprint density at radius 1 is 1.60 bits per heavy atom. The van der Waals surface area contributed by atoms with Crippen molar-refractivity contribution in [2.75, 3.05) is 13.7 Å². The Morgan fingerprint density at radius 3 is 2.40 bits per heavy atom. The molecule has 90 valence electrons. The Bertz CT molecular complexity index is 325. The van der Waals surface area contributed by atoms with E-state index in [9.17, 15) is 8.42 Å². The van der Waals surface area contributed by atoms with Crippen LogP contribution in [-0.2, 0) is 14.8 Å². The monoisotopic (exact) mass is 254 g/mol. The smallest absolute Gasteiger partial charge is 0.220 e. The van der Waals surface area contributed by atoms with Crippen LogP contribution in [0.15, 0.2) is 0 Å². The molecule has 7 heteroatoms. The van der Waals surface area contributed by atoms with Crippen LogP contribution in [0.1, 0.15) is 20.8 Å². The first-order valence-corrected chi connectivity index (χ1v) is 6.41. The number of rotatable bonds is 6. The van der Waals surface area contributed by atoms with E-state index in [2.05, 4.69) is 16.9 Å². The molecule has 1 atom stereocenters. The predicted octanol–water partition coefficient (Wildman–Crippen LogP) is 0.00540. The molecule has 0 saturated heterocycles. The third-order valence-corrected chi connectivity index (χ3v) is 4.35. The molecule has 0 aliphatic carbocycles. The standard InChI is InChI=1S/C8H18N2O3S2/c1-6(7(9)14)15(11,12)10-5-8(2,3)13-4/h6,10H,5H2,1-4H3,(H2,9,14). The van der Waals surface area contributed by atoms with E-state index < -0.39 is 20.9 Å². The second kappa shape index (κ2) is 5.20. The molecule has 0 aliphatic heterocycles. The van der Waals surface area contributed by atoms with Crippen molar-refractivity contribution in [2.24, 2.45) is 5.73 Å². The van der Waals surface area contributed by atoms with Gasteiger partial charge in [-0.3, -0.25) is 0 Å². The fourth-order valence-corrected chi connectivity index (χ4v) is 2.11. The molecule has 0 aromatic heterocycles. The average Bonchev–Trinajstić information content (AvgIpc) is 2.14. The third kappa shape index (κ3) is 4.87. The lowest BCUT2D eigenvalue weighted by molar-refractivity contribution is 0.0276. The summed E-state index contributed by atoms with van der Waals surface area (Å²) in [7, 11) is -1.98. The lowest BCUT2D eigenvalue weighted by Gasteiger charge is -2.24. The molecule has 0 heterocycles. The molecular weight excluding hydrogens is 236 g/mol. The third-order valence-electron chi connectivity index (χ3n) is 2.12. The minimum atomic E-state index is -3.50. The first-order valence-electron chi connectivity index (χ1n) is 4.45. The highest BCUT2D eigenvalue weighted by molar-refractivity contribution is 7.93. The fraction of sp³-hybridized carbons (Fsp3) is 0.875. The van der Waals surface area contributed by atoms with Crippen LogP contribution in [0.25, 0.3) is 0 Å². The van der Waals surface area contributed by atoms with Gasteiger partial charge >= 0.3 is 0 Å². The van der Waals surface area contributed by atoms with Gasteiger partial charge in [0.2, 0.25) is 10.0 Å². The van der Waals surface area contributed by atoms with Crippen LogP contribution in [0.5, 0.6) is 0 Å². The molecule has 0 fully saturated rings. The van der Waals surface area contributed by atoms with Crippen LogP contribution in [0, 0.1) is 0 Å². The van der Waals surface area contributed by atoms with Crippen LogP contribution >= 0.6 is 12.2 Å². The van der Waals surface area contributed by atoms with E-state index in [1.807, 2.05) is 0 Å². The molecule has 0 aliphatic rings. The van der Waals surface area contributed by atoms with Crippen LogP contribution in [0.4, 0.5) is 0 Å². The highest BCUT2D eigenvalue weighted by Gasteiger charge is 2.26. The maximum Gasteiger partial charge on any atom is 0.220 e. The number of hydrogen-bond donors (Lipinski definition) is 2. The molecule has 0 amide bonds. The molecule has 0 spiro atoms. The summed E-state index contributed by atoms with van der Waals surface area (Å²) in [6.45, 7) is 5.19. The topological polar surface area (TPSA) is 81.4 Å². The van der Waals surface area contributed by atoms with Crippen molar-refractivity contribution in [3.63, 3.8) is 0 Å². The largest absolute Gasteiger partial charge is 0.392 e. The molecule has 0 aromatic rings. The zero-order valence-corrected chi connectivity index (χ0v) is 11.0. The number of nitrogens with one attached hydrogen (secondary N) is 1. The summed E-state index contributed by atoms with van der Waals surface area (Å²) in [6, 6.07) is 0. The minimum absolute atomic E-state index is 0.0438. The minimum Gasteiger partial charge on any atom is -0.392 e. The predicted molar refractivity (Wildman–Crippen MR) is 64.3 cm³/mol. The lowest BCUT2D eigenvalue weighted by atomic mass is 10.1. The summed E-state index contributed by atoms with van der Waals surface area (Å²) < 4.78 is 30.7. The molecular formula is C8H18N2O3S2. The molecule has 15 heavy (non-hydrogen) atoms. The zero-order valence-electron chi connectivity index (χ0n) is 9.40. The maximum atomic E-state index is 11.6. The summed E-state index contributed by atoms with van der Waals surface area (Å²) >= 11 is 4.63. The van der Waals surface area contributed by atoms with Crippen LogP contribution in [0.3, 0.4) is 0 Å². The Hall–Kier alpha value is -0.240. The Morgan fingerprint density at radius 2 is 2.07 bits per heavy atom. The Kier molecular flexibility index (Phi) is 5.12. The Labute approximate surface area is 96.4 Å². The number of methoxy groups -OCH3 is 1. The van der Waals surface area contributed by atoms with Crippen molar-refractivity contribution in [1.82, 2.24) is 4.72 Å². The van der Waals surface area contributed by atoms with Gasteiger partial charge in [-0.05, 0) is 20.8 Å². The molecule has 1 unspecified atom stereocenters. The van der Waals surface area contributed by atoms with Crippen LogP contribution in [0.2, 0.25) is 0 Å². The SMILES string of the molecule is COC(C)(C)CNS(=O)(=O)C(C)C(N)=S. The number of nitrogens with two attached hydrogens (primary N) is 1. The average molecular weight is 254 g/mol. The van der Waals surface area contributed by atoms with Gasteiger partial charge in [-0.15, -0.1) is 0 Å². The summed E-state index contributed by atoms with van der Waals surface area (Å²) in [5, 5.41) is -0.875. The molecule has 3 N–H and O–H groups in total. The summed E-state index contributed by atoms with van der Waals surface area (Å²) in [5.41, 5.74) is 4.72. The van der Waals surface area contributed by atoms with E-state index in [4.69, 9.17) is 10.5 Å². The van der Waals surface area contributed by atoms with Gasteiger partial charge in [-0.2, -0.15) is 0 Å². The highest BCUT2D eigenvalue weighted by Crippen LogP contribution is 2.07. The van der Waals surface area contributed by atoms with Crippen LogP contribution < -0.4 is 10.5 Å². The van der Waals surface area contributed by atoms with Crippen molar-refractivity contribution in [3.05, 3.63) is 0 Å². The first kappa shape index (κ1) is 14.8. The maximum absolute atomic E-state index is 11.6. The number of ether oxygens (including phenoxy) is 1. The summed E-state index contributed by atoms with van der Waals surface area (Å²) in [6.07, 6.45) is 0. The van der Waals surface area contributed by atoms with Crippen molar-refractivity contribution >= 4 is 27.2 Å². The number of sulfonamides is 1. The molecule has 0 saturated carbocycles. The molecule has 0 radical (unpaired) electrons. The van der Waals surface area contributed by atoms with E-state index in [0.29, 0.717) is 0 Å². The molecule has 0 rings (SSSR count). The lowest BCUT2D eigenvalue weighted by Crippen LogP contribution is -2.45. The summed E-state index contributed by atoms with van der Waals surface area (Å²) in [4.78, 5) is -0.0438. The van der Waals surface area contributed by atoms with Crippen molar-refractivity contribution in [3.8, 4) is 0 Å². The second-order valence-corrected chi connectivity index (χ2v) is 6.43. The zero-order chi connectivity index (χ0) is 12.3. The molecule has 5 nitrogen and oxygen atoms in total. The normalized spacial score (nSPS) is 14.9. The Balaban J connectivity index is 4.48. The van der Waals surface area contributed by atoms with E-state index in [0.717, 1.165) is 0 Å². The van der Waals surface area contributed by atoms with Crippen LogP contribution in [-0.4, -0.2) is 37.9 Å². The van der Waals surface area contributed by atoms with Gasteiger partial charge in [0, 0.05) is 13.7 Å². The van der Waals surface area contributed by atoms with E-state index in [1.54, 1.807) is 13.8 Å². The second-order valence-electron chi connectivity index (χ2n) is 3.87. The van der Waals surface area contributed by atoms with Gasteiger partial charge in [-0.25, -0.2) is 13.1 Å². The quantitative estimate of drug-likeness (QED) is 0.652. The van der Waals surface area contributed by atoms with Gasteiger partial charge in [-0.1, -0.05) is 12.2 Å².